The molecule has 0 spiro atoms. The van der Waals surface area contributed by atoms with Crippen molar-refractivity contribution >= 4 is 16.8 Å². The fraction of sp³-hybridized carbons (Fsp3) is 0.125. The van der Waals surface area contributed by atoms with Crippen molar-refractivity contribution in [2.45, 2.75) is 6.10 Å². The van der Waals surface area contributed by atoms with Gasteiger partial charge in [0.25, 0.3) is 5.91 Å². The molecule has 6 nitrogen and oxygen atoms in total. The van der Waals surface area contributed by atoms with Gasteiger partial charge in [0.05, 0.1) is 23.9 Å². The molecule has 3 aromatic carbocycles. The summed E-state index contributed by atoms with van der Waals surface area (Å²) in [6, 6.07) is 24.7. The van der Waals surface area contributed by atoms with Crippen molar-refractivity contribution in [2.75, 3.05) is 13.2 Å². The first kappa shape index (κ1) is 19.7. The molecular weight excluding hydrogens is 378 g/mol. The number of hydrogen-bond donors (Lipinski definition) is 3. The van der Waals surface area contributed by atoms with E-state index in [4.69, 9.17) is 15.1 Å². The largest absolute Gasteiger partial charge is 0.394 e. The molecule has 1 heterocycles. The first-order valence-electron chi connectivity index (χ1n) is 9.65. The van der Waals surface area contributed by atoms with Crippen LogP contribution in [0.15, 0.2) is 78.9 Å². The van der Waals surface area contributed by atoms with Crippen molar-refractivity contribution in [3.8, 4) is 22.6 Å². The zero-order valence-electron chi connectivity index (χ0n) is 16.2. The van der Waals surface area contributed by atoms with Gasteiger partial charge in [0.1, 0.15) is 0 Å². The van der Waals surface area contributed by atoms with Crippen LogP contribution in [0, 0.1) is 0 Å². The molecule has 6 heteroatoms. The zero-order chi connectivity index (χ0) is 20.9. The lowest BCUT2D eigenvalue weighted by molar-refractivity contribution is 0.0802. The Bertz CT molecular complexity index is 1180. The summed E-state index contributed by atoms with van der Waals surface area (Å²) in [4.78, 5) is 22.0. The maximum Gasteiger partial charge on any atom is 0.251 e. The molecule has 0 aliphatic carbocycles. The summed E-state index contributed by atoms with van der Waals surface area (Å²) in [6.07, 6.45) is -0.989. The SMILES string of the molecule is O=C(NC[C@H](O)CO)c1cccc(-c2nc(-c3ccccc3)nc3ccccc23)c1. The van der Waals surface area contributed by atoms with Gasteiger partial charge in [-0.05, 0) is 18.2 Å². The average molecular weight is 399 g/mol. The summed E-state index contributed by atoms with van der Waals surface area (Å²) in [5, 5.41) is 21.9. The van der Waals surface area contributed by atoms with E-state index >= 15 is 0 Å². The van der Waals surface area contributed by atoms with E-state index in [-0.39, 0.29) is 12.5 Å². The minimum atomic E-state index is -0.989. The van der Waals surface area contributed by atoms with Crippen LogP contribution >= 0.6 is 0 Å². The molecule has 150 valence electrons. The van der Waals surface area contributed by atoms with Gasteiger partial charge < -0.3 is 15.5 Å². The van der Waals surface area contributed by atoms with Crippen LogP contribution in [0.4, 0.5) is 0 Å². The highest BCUT2D eigenvalue weighted by molar-refractivity contribution is 5.98. The third-order valence-electron chi connectivity index (χ3n) is 4.74. The number of rotatable bonds is 6. The third-order valence-corrected chi connectivity index (χ3v) is 4.74. The van der Waals surface area contributed by atoms with Gasteiger partial charge in [-0.2, -0.15) is 0 Å². The molecule has 0 fully saturated rings. The van der Waals surface area contributed by atoms with E-state index in [2.05, 4.69) is 5.32 Å². The number of hydrogen-bond acceptors (Lipinski definition) is 5. The number of carbonyl (C=O) groups excluding carboxylic acids is 1. The van der Waals surface area contributed by atoms with Crippen molar-refractivity contribution < 1.29 is 15.0 Å². The molecule has 30 heavy (non-hydrogen) atoms. The molecule has 0 unspecified atom stereocenters. The molecule has 4 aromatic rings. The lowest BCUT2D eigenvalue weighted by Crippen LogP contribution is -2.33. The molecule has 0 saturated carbocycles. The number of nitrogens with one attached hydrogen (secondary N) is 1. The summed E-state index contributed by atoms with van der Waals surface area (Å²) >= 11 is 0. The standard InChI is InChI=1S/C24H21N3O3/c28-15-19(29)14-25-24(30)18-10-6-9-17(13-18)22-20-11-4-5-12-21(20)26-23(27-22)16-7-2-1-3-8-16/h1-13,19,28-29H,14-15H2,(H,25,30)/t19-/m0/s1. The molecule has 0 aliphatic heterocycles. The summed E-state index contributed by atoms with van der Waals surface area (Å²) < 4.78 is 0. The maximum absolute atomic E-state index is 12.5. The normalized spacial score (nSPS) is 11.9. The van der Waals surface area contributed by atoms with Crippen LogP contribution < -0.4 is 5.32 Å². The smallest absolute Gasteiger partial charge is 0.251 e. The Hall–Kier alpha value is -3.61. The van der Waals surface area contributed by atoms with Crippen molar-refractivity contribution in [1.82, 2.24) is 15.3 Å². The Morgan fingerprint density at radius 2 is 1.63 bits per heavy atom. The number of amides is 1. The van der Waals surface area contributed by atoms with Crippen LogP contribution in [0.2, 0.25) is 0 Å². The summed E-state index contributed by atoms with van der Waals surface area (Å²) in [5.41, 5.74) is 3.71. The Morgan fingerprint density at radius 3 is 2.43 bits per heavy atom. The summed E-state index contributed by atoms with van der Waals surface area (Å²) in [5.74, 6) is 0.288. The van der Waals surface area contributed by atoms with Crippen molar-refractivity contribution in [3.63, 3.8) is 0 Å². The van der Waals surface area contributed by atoms with Crippen LogP contribution in [0.1, 0.15) is 10.4 Å². The number of carbonyl (C=O) groups is 1. The Morgan fingerprint density at radius 1 is 0.900 bits per heavy atom. The molecular formula is C24H21N3O3. The molecule has 0 aliphatic rings. The minimum absolute atomic E-state index is 0.0197. The molecule has 1 atom stereocenters. The number of aromatic nitrogens is 2. The van der Waals surface area contributed by atoms with Gasteiger partial charge in [0.15, 0.2) is 5.82 Å². The van der Waals surface area contributed by atoms with E-state index in [0.717, 1.165) is 27.7 Å². The summed E-state index contributed by atoms with van der Waals surface area (Å²) in [6.45, 7) is -0.427. The number of nitrogens with zero attached hydrogens (tertiary/aromatic N) is 2. The number of aliphatic hydroxyl groups excluding tert-OH is 2. The first-order chi connectivity index (χ1) is 14.7. The van der Waals surface area contributed by atoms with E-state index in [1.165, 1.54) is 0 Å². The van der Waals surface area contributed by atoms with Gasteiger partial charge in [0, 0.05) is 28.6 Å². The summed E-state index contributed by atoms with van der Waals surface area (Å²) in [7, 11) is 0. The maximum atomic E-state index is 12.5. The minimum Gasteiger partial charge on any atom is -0.394 e. The second-order valence-electron chi connectivity index (χ2n) is 6.91. The lowest BCUT2D eigenvalue weighted by Gasteiger charge is -2.12. The first-order valence-corrected chi connectivity index (χ1v) is 9.65. The Kier molecular flexibility index (Phi) is 5.79. The van der Waals surface area contributed by atoms with Gasteiger partial charge in [-0.3, -0.25) is 4.79 Å². The second-order valence-corrected chi connectivity index (χ2v) is 6.91. The third kappa shape index (κ3) is 4.20. The Balaban J connectivity index is 1.77. The van der Waals surface area contributed by atoms with Gasteiger partial charge in [-0.25, -0.2) is 9.97 Å². The van der Waals surface area contributed by atoms with E-state index in [1.807, 2.05) is 60.7 Å². The van der Waals surface area contributed by atoms with E-state index in [1.54, 1.807) is 18.2 Å². The van der Waals surface area contributed by atoms with Crippen LogP contribution in [0.3, 0.4) is 0 Å². The number of fused-ring (bicyclic) bond motifs is 1. The molecule has 0 saturated heterocycles. The highest BCUT2D eigenvalue weighted by atomic mass is 16.3. The molecule has 3 N–H and O–H groups in total. The highest BCUT2D eigenvalue weighted by Gasteiger charge is 2.14. The number of aliphatic hydroxyl groups is 2. The Labute approximate surface area is 173 Å². The predicted molar refractivity (Wildman–Crippen MR) is 116 cm³/mol. The molecule has 1 aromatic heterocycles. The van der Waals surface area contributed by atoms with E-state index < -0.39 is 12.7 Å². The van der Waals surface area contributed by atoms with Crippen LogP contribution in [0.5, 0.6) is 0 Å². The number of benzene rings is 3. The van der Waals surface area contributed by atoms with Gasteiger partial charge >= 0.3 is 0 Å². The van der Waals surface area contributed by atoms with Crippen molar-refractivity contribution in [1.29, 1.82) is 0 Å². The molecule has 4 rings (SSSR count). The van der Waals surface area contributed by atoms with Gasteiger partial charge in [-0.15, -0.1) is 0 Å². The average Bonchev–Trinajstić information content (AvgIpc) is 2.82. The fourth-order valence-corrected chi connectivity index (χ4v) is 3.20. The van der Waals surface area contributed by atoms with Crippen LogP contribution in [-0.4, -0.2) is 45.3 Å². The van der Waals surface area contributed by atoms with Crippen LogP contribution in [-0.2, 0) is 0 Å². The molecule has 1 amide bonds. The van der Waals surface area contributed by atoms with E-state index in [9.17, 15) is 9.90 Å². The predicted octanol–water partition coefficient (Wildman–Crippen LogP) is 3.05. The second kappa shape index (κ2) is 8.82. The monoisotopic (exact) mass is 399 g/mol. The van der Waals surface area contributed by atoms with Gasteiger partial charge in [0.2, 0.25) is 0 Å². The quantitative estimate of drug-likeness (QED) is 0.463. The highest BCUT2D eigenvalue weighted by Crippen LogP contribution is 2.29. The topological polar surface area (TPSA) is 95.3 Å². The molecule has 0 bridgehead atoms. The van der Waals surface area contributed by atoms with Crippen molar-refractivity contribution in [3.05, 3.63) is 84.4 Å². The van der Waals surface area contributed by atoms with E-state index in [0.29, 0.717) is 11.4 Å². The van der Waals surface area contributed by atoms with Crippen LogP contribution in [0.25, 0.3) is 33.5 Å². The zero-order valence-corrected chi connectivity index (χ0v) is 16.2. The van der Waals surface area contributed by atoms with Gasteiger partial charge in [-0.1, -0.05) is 60.7 Å². The lowest BCUT2D eigenvalue weighted by atomic mass is 10.0. The number of para-hydroxylation sites is 1. The van der Waals surface area contributed by atoms with Crippen molar-refractivity contribution in [2.24, 2.45) is 0 Å². The fourth-order valence-electron chi connectivity index (χ4n) is 3.20. The molecule has 0 radical (unpaired) electrons.